The average Bonchev–Trinajstić information content (AvgIpc) is 3.70. The topological polar surface area (TPSA) is 40.5 Å². The maximum Gasteiger partial charge on any atom is 0.0911 e. The SMILES string of the molecule is O[C@@H](C1C=CC=C1P(c1ccccc1)c1ccccc1)[C@@H](O)C1C=CC=C1P(c1ccccc1)c1ccccc1. The van der Waals surface area contributed by atoms with Crippen LogP contribution in [0.15, 0.2) is 168 Å². The zero-order valence-corrected chi connectivity index (χ0v) is 23.9. The van der Waals surface area contributed by atoms with Crippen molar-refractivity contribution in [1.29, 1.82) is 0 Å². The zero-order valence-electron chi connectivity index (χ0n) is 22.1. The largest absolute Gasteiger partial charge is 0.389 e. The molecular weight excluding hydrogens is 526 g/mol. The summed E-state index contributed by atoms with van der Waals surface area (Å²) in [5.74, 6) is -0.534. The van der Waals surface area contributed by atoms with Gasteiger partial charge in [0.1, 0.15) is 0 Å². The van der Waals surface area contributed by atoms with E-state index in [-0.39, 0.29) is 11.8 Å². The molecular formula is C36H32O2P2. The van der Waals surface area contributed by atoms with Crippen molar-refractivity contribution in [3.63, 3.8) is 0 Å². The quantitative estimate of drug-likeness (QED) is 0.243. The minimum Gasteiger partial charge on any atom is -0.389 e. The predicted octanol–water partition coefficient (Wildman–Crippen LogP) is 6.11. The first-order valence-electron chi connectivity index (χ1n) is 13.7. The Morgan fingerprint density at radius 1 is 0.425 bits per heavy atom. The summed E-state index contributed by atoms with van der Waals surface area (Å²) < 4.78 is 0. The molecule has 0 saturated carbocycles. The Morgan fingerprint density at radius 3 is 0.975 bits per heavy atom. The van der Waals surface area contributed by atoms with Gasteiger partial charge >= 0.3 is 0 Å². The van der Waals surface area contributed by atoms with Crippen LogP contribution in [0, 0.1) is 11.8 Å². The highest BCUT2D eigenvalue weighted by Gasteiger charge is 2.39. The number of allylic oxidation sites excluding steroid dienone is 4. The molecule has 2 unspecified atom stereocenters. The molecule has 4 heteroatoms. The summed E-state index contributed by atoms with van der Waals surface area (Å²) in [4.78, 5) is 0. The van der Waals surface area contributed by atoms with Crippen molar-refractivity contribution in [1.82, 2.24) is 0 Å². The van der Waals surface area contributed by atoms with Crippen molar-refractivity contribution in [2.75, 3.05) is 0 Å². The maximum atomic E-state index is 11.8. The van der Waals surface area contributed by atoms with E-state index < -0.39 is 28.1 Å². The summed E-state index contributed by atoms with van der Waals surface area (Å²) >= 11 is 0. The fraction of sp³-hybridized carbons (Fsp3) is 0.111. The Labute approximate surface area is 239 Å². The molecule has 0 heterocycles. The average molecular weight is 559 g/mol. The van der Waals surface area contributed by atoms with Gasteiger partial charge in [-0.05, 0) is 47.7 Å². The van der Waals surface area contributed by atoms with E-state index >= 15 is 0 Å². The van der Waals surface area contributed by atoms with Crippen LogP contribution in [0.1, 0.15) is 0 Å². The van der Waals surface area contributed by atoms with Crippen molar-refractivity contribution >= 4 is 37.1 Å². The Bertz CT molecular complexity index is 1330. The third-order valence-corrected chi connectivity index (χ3v) is 12.7. The number of aliphatic hydroxyl groups excluding tert-OH is 2. The summed E-state index contributed by atoms with van der Waals surface area (Å²) in [6.45, 7) is 0. The lowest BCUT2D eigenvalue weighted by Gasteiger charge is -2.34. The van der Waals surface area contributed by atoms with Gasteiger partial charge in [-0.3, -0.25) is 0 Å². The van der Waals surface area contributed by atoms with Crippen molar-refractivity contribution in [3.05, 3.63) is 168 Å². The number of hydrogen-bond donors (Lipinski definition) is 2. The highest BCUT2D eigenvalue weighted by molar-refractivity contribution is 7.77. The number of benzene rings is 4. The van der Waals surface area contributed by atoms with Crippen LogP contribution in [0.25, 0.3) is 0 Å². The van der Waals surface area contributed by atoms with E-state index in [9.17, 15) is 10.2 Å². The fourth-order valence-electron chi connectivity index (χ4n) is 5.62. The van der Waals surface area contributed by atoms with Gasteiger partial charge in [0, 0.05) is 11.8 Å². The van der Waals surface area contributed by atoms with Crippen molar-refractivity contribution in [2.45, 2.75) is 12.2 Å². The number of aliphatic hydroxyl groups is 2. The molecule has 0 saturated heterocycles. The minimum atomic E-state index is -0.943. The second-order valence-electron chi connectivity index (χ2n) is 10.00. The summed E-state index contributed by atoms with van der Waals surface area (Å²) in [5, 5.41) is 31.0. The molecule has 0 radical (unpaired) electrons. The molecule has 198 valence electrons. The minimum absolute atomic E-state index is 0.267. The summed E-state index contributed by atoms with van der Waals surface area (Å²) in [6, 6.07) is 42.1. The lowest BCUT2D eigenvalue weighted by atomic mass is 9.91. The Balaban J connectivity index is 1.31. The van der Waals surface area contributed by atoms with Gasteiger partial charge in [-0.25, -0.2) is 0 Å². The van der Waals surface area contributed by atoms with Crippen LogP contribution in [-0.2, 0) is 0 Å². The second-order valence-corrected chi connectivity index (χ2v) is 14.4. The first kappa shape index (κ1) is 26.8. The molecule has 2 N–H and O–H groups in total. The third kappa shape index (κ3) is 5.46. The monoisotopic (exact) mass is 558 g/mol. The Morgan fingerprint density at radius 2 is 0.700 bits per heavy atom. The molecule has 0 fully saturated rings. The molecule has 4 aromatic carbocycles. The standard InChI is InChI=1S/C36H32O2P2/c37-35(31-23-13-25-33(31)39(27-15-5-1-6-16-27)28-17-7-2-8-18-28)36(38)32-24-14-26-34(32)40(29-19-9-3-10-20-29)30-21-11-4-12-22-30/h1-26,31-32,35-38H/t31?,32?,35-,36-/m0/s1. The highest BCUT2D eigenvalue weighted by atomic mass is 31.1. The molecule has 0 bridgehead atoms. The third-order valence-electron chi connectivity index (χ3n) is 7.51. The van der Waals surface area contributed by atoms with Crippen LogP contribution in [-0.4, -0.2) is 22.4 Å². The lowest BCUT2D eigenvalue weighted by Crippen LogP contribution is -2.39. The van der Waals surface area contributed by atoms with Crippen LogP contribution in [0.3, 0.4) is 0 Å². The van der Waals surface area contributed by atoms with E-state index in [1.165, 1.54) is 31.8 Å². The first-order chi connectivity index (χ1) is 19.7. The van der Waals surface area contributed by atoms with E-state index in [1.54, 1.807) is 0 Å². The molecule has 0 aromatic heterocycles. The predicted molar refractivity (Wildman–Crippen MR) is 172 cm³/mol. The molecule has 0 aliphatic heterocycles. The van der Waals surface area contributed by atoms with E-state index in [0.717, 1.165) is 0 Å². The first-order valence-corrected chi connectivity index (χ1v) is 16.3. The van der Waals surface area contributed by atoms with Gasteiger partial charge in [-0.1, -0.05) is 158 Å². The van der Waals surface area contributed by atoms with Crippen molar-refractivity contribution in [2.24, 2.45) is 11.8 Å². The Hall–Kier alpha value is -3.38. The smallest absolute Gasteiger partial charge is 0.0911 e. The second kappa shape index (κ2) is 12.4. The summed E-state index contributed by atoms with van der Waals surface area (Å²) in [6.07, 6.45) is 10.6. The number of hydrogen-bond acceptors (Lipinski definition) is 2. The highest BCUT2D eigenvalue weighted by Crippen LogP contribution is 2.53. The van der Waals surface area contributed by atoms with E-state index in [2.05, 4.69) is 121 Å². The zero-order chi connectivity index (χ0) is 27.3. The number of rotatable bonds is 9. The van der Waals surface area contributed by atoms with Crippen molar-refractivity contribution in [3.8, 4) is 0 Å². The molecule has 2 aliphatic rings. The molecule has 0 spiro atoms. The summed E-state index contributed by atoms with van der Waals surface area (Å²) in [7, 11) is -1.72. The Kier molecular flexibility index (Phi) is 8.33. The van der Waals surface area contributed by atoms with Gasteiger partial charge in [-0.2, -0.15) is 0 Å². The lowest BCUT2D eigenvalue weighted by molar-refractivity contribution is -0.00961. The van der Waals surface area contributed by atoms with Crippen LogP contribution in [0.4, 0.5) is 0 Å². The molecule has 40 heavy (non-hydrogen) atoms. The normalized spacial score (nSPS) is 19.6. The van der Waals surface area contributed by atoms with Gasteiger partial charge in [0.2, 0.25) is 0 Å². The van der Waals surface area contributed by atoms with Gasteiger partial charge in [0.25, 0.3) is 0 Å². The van der Waals surface area contributed by atoms with E-state index in [0.29, 0.717) is 0 Å². The fourth-order valence-corrected chi connectivity index (χ4v) is 10.8. The molecule has 4 atom stereocenters. The van der Waals surface area contributed by atoms with Gasteiger partial charge in [0.15, 0.2) is 0 Å². The van der Waals surface area contributed by atoms with Crippen LogP contribution in [0.2, 0.25) is 0 Å². The van der Waals surface area contributed by atoms with Gasteiger partial charge < -0.3 is 10.2 Å². The molecule has 2 aliphatic carbocycles. The van der Waals surface area contributed by atoms with Gasteiger partial charge in [0.05, 0.1) is 12.2 Å². The van der Waals surface area contributed by atoms with E-state index in [1.807, 2.05) is 36.4 Å². The molecule has 6 rings (SSSR count). The maximum absolute atomic E-state index is 11.8. The molecule has 2 nitrogen and oxygen atoms in total. The van der Waals surface area contributed by atoms with Gasteiger partial charge in [-0.15, -0.1) is 0 Å². The summed E-state index contributed by atoms with van der Waals surface area (Å²) in [5.41, 5.74) is 0. The van der Waals surface area contributed by atoms with Crippen LogP contribution >= 0.6 is 15.8 Å². The van der Waals surface area contributed by atoms with Crippen LogP contribution < -0.4 is 21.2 Å². The van der Waals surface area contributed by atoms with Crippen molar-refractivity contribution < 1.29 is 10.2 Å². The molecule has 0 amide bonds. The van der Waals surface area contributed by atoms with E-state index in [4.69, 9.17) is 0 Å². The van der Waals surface area contributed by atoms with Crippen LogP contribution in [0.5, 0.6) is 0 Å². The molecule has 4 aromatic rings.